The molecule has 2 amide bonds. The van der Waals surface area contributed by atoms with Crippen LogP contribution in [0.3, 0.4) is 0 Å². The minimum absolute atomic E-state index is 0.0549. The first kappa shape index (κ1) is 13.1. The van der Waals surface area contributed by atoms with Crippen LogP contribution in [0.1, 0.15) is 32.6 Å². The third-order valence-corrected chi connectivity index (χ3v) is 5.99. The fourth-order valence-corrected chi connectivity index (χ4v) is 4.51. The van der Waals surface area contributed by atoms with Crippen LogP contribution in [-0.4, -0.2) is 50.6 Å². The maximum atomic E-state index is 12.7. The lowest BCUT2D eigenvalue weighted by atomic mass is 9.90. The molecule has 3 aliphatic rings. The number of carbonyl (C=O) groups excluding carboxylic acids is 2. The van der Waals surface area contributed by atoms with E-state index in [2.05, 4.69) is 5.32 Å². The van der Waals surface area contributed by atoms with Crippen molar-refractivity contribution >= 4 is 22.6 Å². The molecule has 0 bridgehead atoms. The molecule has 1 unspecified atom stereocenters. The third-order valence-electron chi connectivity index (χ3n) is 4.61. The van der Waals surface area contributed by atoms with Crippen molar-refractivity contribution in [2.45, 2.75) is 44.2 Å². The van der Waals surface area contributed by atoms with E-state index in [9.17, 15) is 13.8 Å². The van der Waals surface area contributed by atoms with Crippen LogP contribution in [0.5, 0.6) is 0 Å². The Bertz CT molecular complexity index is 439. The van der Waals surface area contributed by atoms with Crippen LogP contribution in [0, 0.1) is 5.92 Å². The summed E-state index contributed by atoms with van der Waals surface area (Å²) in [6.07, 6.45) is 3.55. The Balaban J connectivity index is 1.78. The molecule has 0 aromatic carbocycles. The van der Waals surface area contributed by atoms with E-state index in [1.165, 1.54) is 0 Å². The number of carbonyl (C=O) groups is 2. The fourth-order valence-electron chi connectivity index (χ4n) is 3.23. The summed E-state index contributed by atoms with van der Waals surface area (Å²) in [6.45, 7) is 2.02. The van der Waals surface area contributed by atoms with E-state index in [0.29, 0.717) is 17.4 Å². The molecule has 3 fully saturated rings. The summed E-state index contributed by atoms with van der Waals surface area (Å²) in [5.41, 5.74) is -0.702. The second-order valence-corrected chi connectivity index (χ2v) is 7.73. The van der Waals surface area contributed by atoms with E-state index in [1.54, 1.807) is 4.90 Å². The lowest BCUT2D eigenvalue weighted by Crippen LogP contribution is -2.68. The van der Waals surface area contributed by atoms with Crippen LogP contribution in [0.2, 0.25) is 0 Å². The van der Waals surface area contributed by atoms with Gasteiger partial charge in [-0.05, 0) is 38.5 Å². The molecular formula is C13H20N2O3S. The number of amides is 2. The van der Waals surface area contributed by atoms with Crippen molar-refractivity contribution in [2.24, 2.45) is 5.92 Å². The molecule has 2 saturated heterocycles. The zero-order valence-electron chi connectivity index (χ0n) is 11.2. The van der Waals surface area contributed by atoms with Crippen LogP contribution in [0.4, 0.5) is 0 Å². The lowest BCUT2D eigenvalue weighted by Gasteiger charge is -2.44. The number of hydrogen-bond acceptors (Lipinski definition) is 3. The number of hydrogen-bond donors (Lipinski definition) is 1. The summed E-state index contributed by atoms with van der Waals surface area (Å²) < 4.78 is 11.4. The maximum Gasteiger partial charge on any atom is 0.249 e. The summed E-state index contributed by atoms with van der Waals surface area (Å²) in [5, 5.41) is 2.89. The van der Waals surface area contributed by atoms with Crippen molar-refractivity contribution in [1.29, 1.82) is 0 Å². The molecule has 1 saturated carbocycles. The maximum absolute atomic E-state index is 12.7. The van der Waals surface area contributed by atoms with Gasteiger partial charge < -0.3 is 10.2 Å². The molecule has 1 aliphatic carbocycles. The molecule has 0 aromatic rings. The van der Waals surface area contributed by atoms with E-state index in [0.717, 1.165) is 25.7 Å². The van der Waals surface area contributed by atoms with Crippen molar-refractivity contribution in [3.63, 3.8) is 0 Å². The smallest absolute Gasteiger partial charge is 0.249 e. The minimum atomic E-state index is -0.739. The highest BCUT2D eigenvalue weighted by molar-refractivity contribution is 7.85. The van der Waals surface area contributed by atoms with E-state index in [4.69, 9.17) is 0 Å². The van der Waals surface area contributed by atoms with Gasteiger partial charge in [-0.3, -0.25) is 13.8 Å². The molecule has 3 rings (SSSR count). The highest BCUT2D eigenvalue weighted by Gasteiger charge is 2.53. The number of rotatable bonds is 2. The van der Waals surface area contributed by atoms with Gasteiger partial charge in [-0.1, -0.05) is 0 Å². The number of nitrogens with zero attached hydrogens (tertiary/aromatic N) is 1. The van der Waals surface area contributed by atoms with Crippen LogP contribution in [0.25, 0.3) is 0 Å². The van der Waals surface area contributed by atoms with Gasteiger partial charge in [0, 0.05) is 28.3 Å². The predicted octanol–water partition coefficient (Wildman–Crippen LogP) is 0.0246. The average molecular weight is 284 g/mol. The van der Waals surface area contributed by atoms with Crippen molar-refractivity contribution in [1.82, 2.24) is 10.2 Å². The zero-order chi connectivity index (χ0) is 13.6. The average Bonchev–Trinajstić information content (AvgIpc) is 3.19. The summed E-state index contributed by atoms with van der Waals surface area (Å²) >= 11 is 0. The van der Waals surface area contributed by atoms with Crippen molar-refractivity contribution in [3.8, 4) is 0 Å². The fraction of sp³-hybridized carbons (Fsp3) is 0.846. The summed E-state index contributed by atoms with van der Waals surface area (Å²) in [4.78, 5) is 26.3. The quantitative estimate of drug-likeness (QED) is 0.777. The van der Waals surface area contributed by atoms with E-state index < -0.39 is 16.3 Å². The molecule has 1 atom stereocenters. The van der Waals surface area contributed by atoms with E-state index in [-0.39, 0.29) is 24.4 Å². The Morgan fingerprint density at radius 1 is 1.21 bits per heavy atom. The standard InChI is InChI=1S/C13H20N2O3S/c1-13(9-2-3-9)12(17)15(8-11(16)14-13)10-4-6-19(18)7-5-10/h9-10H,2-8H2,1H3,(H,14,16). The van der Waals surface area contributed by atoms with Crippen LogP contribution in [-0.2, 0) is 20.4 Å². The SMILES string of the molecule is CC1(C2CC2)NC(=O)CN(C2CCS(=O)CC2)C1=O. The van der Waals surface area contributed by atoms with Gasteiger partial charge >= 0.3 is 0 Å². The largest absolute Gasteiger partial charge is 0.340 e. The normalized spacial score (nSPS) is 40.2. The summed E-state index contributed by atoms with van der Waals surface area (Å²) in [7, 11) is -0.739. The Hall–Kier alpha value is -0.910. The first-order valence-corrected chi connectivity index (χ1v) is 8.46. The molecule has 5 nitrogen and oxygen atoms in total. The van der Waals surface area contributed by atoms with Crippen molar-refractivity contribution < 1.29 is 13.8 Å². The molecule has 19 heavy (non-hydrogen) atoms. The molecule has 2 aliphatic heterocycles. The first-order valence-electron chi connectivity index (χ1n) is 6.98. The molecule has 6 heteroatoms. The Kier molecular flexibility index (Phi) is 3.15. The highest BCUT2D eigenvalue weighted by atomic mass is 32.2. The number of nitrogens with one attached hydrogen (secondary N) is 1. The first-order chi connectivity index (χ1) is 9.00. The lowest BCUT2D eigenvalue weighted by molar-refractivity contribution is -0.152. The highest BCUT2D eigenvalue weighted by Crippen LogP contribution is 2.42. The Labute approximate surface area is 115 Å². The van der Waals surface area contributed by atoms with Crippen molar-refractivity contribution in [2.75, 3.05) is 18.1 Å². The van der Waals surface area contributed by atoms with Crippen LogP contribution < -0.4 is 5.32 Å². The van der Waals surface area contributed by atoms with Crippen molar-refractivity contribution in [3.05, 3.63) is 0 Å². The van der Waals surface area contributed by atoms with Crippen LogP contribution in [0.15, 0.2) is 0 Å². The number of piperazine rings is 1. The molecule has 1 N–H and O–H groups in total. The van der Waals surface area contributed by atoms with Gasteiger partial charge in [-0.15, -0.1) is 0 Å². The molecular weight excluding hydrogens is 264 g/mol. The van der Waals surface area contributed by atoms with E-state index in [1.807, 2.05) is 6.92 Å². The Morgan fingerprint density at radius 2 is 1.84 bits per heavy atom. The third kappa shape index (κ3) is 2.30. The molecule has 0 spiro atoms. The monoisotopic (exact) mass is 284 g/mol. The molecule has 0 aromatic heterocycles. The summed E-state index contributed by atoms with van der Waals surface area (Å²) in [6, 6.07) is 0.0920. The van der Waals surface area contributed by atoms with Gasteiger partial charge in [-0.25, -0.2) is 0 Å². The van der Waals surface area contributed by atoms with Gasteiger partial charge in [0.25, 0.3) is 0 Å². The molecule has 106 valence electrons. The second kappa shape index (κ2) is 4.58. The van der Waals surface area contributed by atoms with Gasteiger partial charge in [-0.2, -0.15) is 0 Å². The minimum Gasteiger partial charge on any atom is -0.340 e. The van der Waals surface area contributed by atoms with Gasteiger partial charge in [0.1, 0.15) is 5.54 Å². The van der Waals surface area contributed by atoms with Gasteiger partial charge in [0.15, 0.2) is 0 Å². The van der Waals surface area contributed by atoms with Gasteiger partial charge in [0.05, 0.1) is 6.54 Å². The zero-order valence-corrected chi connectivity index (χ0v) is 12.0. The molecule has 0 radical (unpaired) electrons. The Morgan fingerprint density at radius 3 is 2.42 bits per heavy atom. The predicted molar refractivity (Wildman–Crippen MR) is 71.9 cm³/mol. The summed E-state index contributed by atoms with van der Waals surface area (Å²) in [5.74, 6) is 1.60. The van der Waals surface area contributed by atoms with Gasteiger partial charge in [0.2, 0.25) is 11.8 Å². The second-order valence-electron chi connectivity index (χ2n) is 6.04. The van der Waals surface area contributed by atoms with E-state index >= 15 is 0 Å². The van der Waals surface area contributed by atoms with Crippen LogP contribution >= 0.6 is 0 Å². The molecule has 2 heterocycles. The topological polar surface area (TPSA) is 66.5 Å².